The van der Waals surface area contributed by atoms with Gasteiger partial charge in [0.2, 0.25) is 5.95 Å². The predicted octanol–water partition coefficient (Wildman–Crippen LogP) is 0.125. The van der Waals surface area contributed by atoms with E-state index in [1.165, 1.54) is 4.90 Å². The molecule has 1 aliphatic rings. The maximum Gasteiger partial charge on any atom is 0.319 e. The third-order valence-corrected chi connectivity index (χ3v) is 3.37. The van der Waals surface area contributed by atoms with E-state index in [4.69, 9.17) is 5.11 Å². The van der Waals surface area contributed by atoms with Crippen molar-refractivity contribution >= 4 is 17.9 Å². The van der Waals surface area contributed by atoms with Crippen LogP contribution in [0.3, 0.4) is 0 Å². The molecular formula is C13H19N5O3. The molecule has 1 aliphatic heterocycles. The van der Waals surface area contributed by atoms with Gasteiger partial charge in [-0.15, -0.1) is 0 Å². The molecule has 2 heterocycles. The molecule has 1 aromatic heterocycles. The van der Waals surface area contributed by atoms with Gasteiger partial charge in [-0.1, -0.05) is 0 Å². The Bertz CT molecular complexity index is 488. The second-order valence-electron chi connectivity index (χ2n) is 4.87. The minimum absolute atomic E-state index is 0.0416. The second-order valence-corrected chi connectivity index (χ2v) is 4.87. The van der Waals surface area contributed by atoms with Gasteiger partial charge in [0.05, 0.1) is 6.42 Å². The molecule has 0 unspecified atom stereocenters. The first kappa shape index (κ1) is 15.0. The van der Waals surface area contributed by atoms with Crippen LogP contribution in [0, 0.1) is 0 Å². The number of amides is 2. The average Bonchev–Trinajstić information content (AvgIpc) is 2.53. The highest BCUT2D eigenvalue weighted by atomic mass is 16.4. The van der Waals surface area contributed by atoms with Crippen molar-refractivity contribution in [2.24, 2.45) is 0 Å². The van der Waals surface area contributed by atoms with Crippen molar-refractivity contribution in [1.29, 1.82) is 0 Å². The lowest BCUT2D eigenvalue weighted by Gasteiger charge is -2.36. The smallest absolute Gasteiger partial charge is 0.319 e. The fourth-order valence-electron chi connectivity index (χ4n) is 2.15. The summed E-state index contributed by atoms with van der Waals surface area (Å²) < 4.78 is 0. The zero-order valence-electron chi connectivity index (χ0n) is 12.0. The lowest BCUT2D eigenvalue weighted by atomic mass is 10.3. The molecule has 1 saturated heterocycles. The fourth-order valence-corrected chi connectivity index (χ4v) is 2.15. The highest BCUT2D eigenvalue weighted by Crippen LogP contribution is 2.10. The van der Waals surface area contributed by atoms with Gasteiger partial charge in [-0.3, -0.25) is 4.79 Å². The van der Waals surface area contributed by atoms with Gasteiger partial charge in [0.25, 0.3) is 0 Å². The number of aliphatic carboxylic acids is 1. The van der Waals surface area contributed by atoms with Crippen LogP contribution in [0.25, 0.3) is 0 Å². The third-order valence-electron chi connectivity index (χ3n) is 3.37. The van der Waals surface area contributed by atoms with E-state index in [2.05, 4.69) is 9.97 Å². The number of carbonyl (C=O) groups excluding carboxylic acids is 1. The van der Waals surface area contributed by atoms with Crippen LogP contribution in [0.1, 0.15) is 6.42 Å². The monoisotopic (exact) mass is 293 g/mol. The van der Waals surface area contributed by atoms with Crippen LogP contribution in [0.15, 0.2) is 18.5 Å². The van der Waals surface area contributed by atoms with Gasteiger partial charge in [-0.05, 0) is 6.07 Å². The Balaban J connectivity index is 1.83. The average molecular weight is 293 g/mol. The molecule has 2 rings (SSSR count). The molecule has 1 aromatic rings. The van der Waals surface area contributed by atoms with Gasteiger partial charge in [-0.25, -0.2) is 14.8 Å². The number of hydrogen-bond acceptors (Lipinski definition) is 5. The Morgan fingerprint density at radius 3 is 2.43 bits per heavy atom. The number of carboxylic acid groups (broad SMARTS) is 1. The molecule has 0 bridgehead atoms. The van der Waals surface area contributed by atoms with Crippen molar-refractivity contribution in [2.45, 2.75) is 6.42 Å². The summed E-state index contributed by atoms with van der Waals surface area (Å²) in [5, 5.41) is 8.64. The summed E-state index contributed by atoms with van der Waals surface area (Å²) in [4.78, 5) is 36.3. The number of carbonyl (C=O) groups is 2. The number of rotatable bonds is 4. The van der Waals surface area contributed by atoms with E-state index in [-0.39, 0.29) is 19.0 Å². The zero-order valence-corrected chi connectivity index (χ0v) is 12.0. The van der Waals surface area contributed by atoms with E-state index < -0.39 is 5.97 Å². The Labute approximate surface area is 123 Å². The summed E-state index contributed by atoms with van der Waals surface area (Å²) in [6, 6.07) is 1.63. The van der Waals surface area contributed by atoms with Crippen LogP contribution < -0.4 is 4.90 Å². The summed E-state index contributed by atoms with van der Waals surface area (Å²) in [7, 11) is 1.62. The van der Waals surface area contributed by atoms with Crippen LogP contribution in [0.4, 0.5) is 10.7 Å². The fraction of sp³-hybridized carbons (Fsp3) is 0.538. The number of aromatic nitrogens is 2. The molecule has 8 nitrogen and oxygen atoms in total. The van der Waals surface area contributed by atoms with Crippen molar-refractivity contribution in [3.05, 3.63) is 18.5 Å². The van der Waals surface area contributed by atoms with E-state index in [9.17, 15) is 9.59 Å². The minimum atomic E-state index is -0.902. The van der Waals surface area contributed by atoms with E-state index >= 15 is 0 Å². The first-order valence-corrected chi connectivity index (χ1v) is 6.81. The van der Waals surface area contributed by atoms with Crippen molar-refractivity contribution < 1.29 is 14.7 Å². The van der Waals surface area contributed by atoms with E-state index in [1.54, 1.807) is 30.4 Å². The van der Waals surface area contributed by atoms with E-state index in [0.29, 0.717) is 32.1 Å². The number of carboxylic acids is 1. The standard InChI is InChI=1S/C13H19N5O3/c1-16(6-3-11(19)20)13(21)18-9-7-17(8-10-18)12-14-4-2-5-15-12/h2,4-5H,3,6-10H2,1H3,(H,19,20). The number of urea groups is 1. The Hall–Kier alpha value is -2.38. The summed E-state index contributed by atoms with van der Waals surface area (Å²) in [6.45, 7) is 2.71. The van der Waals surface area contributed by atoms with E-state index in [1.807, 2.05) is 4.90 Å². The summed E-state index contributed by atoms with van der Waals surface area (Å²) in [6.07, 6.45) is 3.35. The van der Waals surface area contributed by atoms with Gasteiger partial charge in [0.15, 0.2) is 0 Å². The molecule has 1 N–H and O–H groups in total. The summed E-state index contributed by atoms with van der Waals surface area (Å²) in [5.74, 6) is -0.232. The number of anilines is 1. The molecule has 21 heavy (non-hydrogen) atoms. The molecule has 2 amide bonds. The van der Waals surface area contributed by atoms with Crippen molar-refractivity contribution in [2.75, 3.05) is 44.7 Å². The molecule has 0 aliphatic carbocycles. The molecule has 1 fully saturated rings. The summed E-state index contributed by atoms with van der Waals surface area (Å²) in [5.41, 5.74) is 0. The number of nitrogens with zero attached hydrogens (tertiary/aromatic N) is 5. The third kappa shape index (κ3) is 4.04. The van der Waals surface area contributed by atoms with Crippen LogP contribution in [-0.2, 0) is 4.79 Å². The molecular weight excluding hydrogens is 274 g/mol. The van der Waals surface area contributed by atoms with Crippen molar-refractivity contribution in [3.63, 3.8) is 0 Å². The molecule has 8 heteroatoms. The van der Waals surface area contributed by atoms with Gasteiger partial charge in [0, 0.05) is 52.2 Å². The first-order chi connectivity index (χ1) is 10.1. The lowest BCUT2D eigenvalue weighted by molar-refractivity contribution is -0.137. The van der Waals surface area contributed by atoms with Crippen LogP contribution >= 0.6 is 0 Å². The zero-order chi connectivity index (χ0) is 15.2. The SMILES string of the molecule is CN(CCC(=O)O)C(=O)N1CCN(c2ncccn2)CC1. The van der Waals surface area contributed by atoms with Crippen LogP contribution in [0.2, 0.25) is 0 Å². The first-order valence-electron chi connectivity index (χ1n) is 6.81. The molecule has 0 aromatic carbocycles. The maximum atomic E-state index is 12.2. The molecule has 0 saturated carbocycles. The van der Waals surface area contributed by atoms with Gasteiger partial charge >= 0.3 is 12.0 Å². The largest absolute Gasteiger partial charge is 0.481 e. The van der Waals surface area contributed by atoms with Gasteiger partial charge < -0.3 is 19.8 Å². The Kier molecular flexibility index (Phi) is 4.91. The molecule has 0 spiro atoms. The summed E-state index contributed by atoms with van der Waals surface area (Å²) >= 11 is 0. The van der Waals surface area contributed by atoms with Crippen molar-refractivity contribution in [3.8, 4) is 0 Å². The maximum absolute atomic E-state index is 12.2. The van der Waals surface area contributed by atoms with Crippen molar-refractivity contribution in [1.82, 2.24) is 19.8 Å². The van der Waals surface area contributed by atoms with Crippen LogP contribution in [0.5, 0.6) is 0 Å². The van der Waals surface area contributed by atoms with E-state index in [0.717, 1.165) is 0 Å². The van der Waals surface area contributed by atoms with Crippen LogP contribution in [-0.4, -0.2) is 76.6 Å². The van der Waals surface area contributed by atoms with Gasteiger partial charge in [-0.2, -0.15) is 0 Å². The molecule has 0 atom stereocenters. The number of piperazine rings is 1. The normalized spacial score (nSPS) is 14.9. The number of hydrogen-bond donors (Lipinski definition) is 1. The Morgan fingerprint density at radius 2 is 1.86 bits per heavy atom. The highest BCUT2D eigenvalue weighted by Gasteiger charge is 2.24. The highest BCUT2D eigenvalue weighted by molar-refractivity contribution is 5.75. The lowest BCUT2D eigenvalue weighted by Crippen LogP contribution is -2.52. The topological polar surface area (TPSA) is 89.9 Å². The predicted molar refractivity (Wildman–Crippen MR) is 76.1 cm³/mol. The minimum Gasteiger partial charge on any atom is -0.481 e. The Morgan fingerprint density at radius 1 is 1.24 bits per heavy atom. The molecule has 114 valence electrons. The van der Waals surface area contributed by atoms with Gasteiger partial charge in [0.1, 0.15) is 0 Å². The second kappa shape index (κ2) is 6.87. The quantitative estimate of drug-likeness (QED) is 0.848. The molecule has 0 radical (unpaired) electrons.